The molecule has 1 rings (SSSR count). The van der Waals surface area contributed by atoms with Crippen LogP contribution in [0.15, 0.2) is 12.7 Å². The van der Waals surface area contributed by atoms with Crippen molar-refractivity contribution in [2.75, 3.05) is 13.2 Å². The van der Waals surface area contributed by atoms with Crippen molar-refractivity contribution in [1.82, 2.24) is 4.90 Å². The fraction of sp³-hybridized carbons (Fsp3) is 0.833. The van der Waals surface area contributed by atoms with E-state index in [9.17, 15) is 0 Å². The summed E-state index contributed by atoms with van der Waals surface area (Å²) in [5.74, 6) is 0. The summed E-state index contributed by atoms with van der Waals surface area (Å²) < 4.78 is 0. The highest BCUT2D eigenvalue weighted by atomic mass is 16.3. The Morgan fingerprint density at radius 2 is 2.07 bits per heavy atom. The third-order valence-electron chi connectivity index (χ3n) is 3.27. The van der Waals surface area contributed by atoms with Gasteiger partial charge < -0.3 is 5.11 Å². The number of aliphatic hydroxyl groups is 1. The molecule has 0 aliphatic heterocycles. The molecule has 0 aromatic heterocycles. The van der Waals surface area contributed by atoms with Gasteiger partial charge in [0.25, 0.3) is 0 Å². The van der Waals surface area contributed by atoms with Crippen molar-refractivity contribution in [3.05, 3.63) is 12.7 Å². The Kier molecular flexibility index (Phi) is 5.20. The van der Waals surface area contributed by atoms with Crippen LogP contribution in [0.2, 0.25) is 0 Å². The van der Waals surface area contributed by atoms with Crippen molar-refractivity contribution in [3.8, 4) is 0 Å². The zero-order chi connectivity index (χ0) is 10.4. The number of hydrogen-bond acceptors (Lipinski definition) is 2. The maximum Gasteiger partial charge on any atom is 0.0558 e. The van der Waals surface area contributed by atoms with E-state index in [1.165, 1.54) is 32.1 Å². The summed E-state index contributed by atoms with van der Waals surface area (Å²) in [6, 6.07) is 1.06. The lowest BCUT2D eigenvalue weighted by Gasteiger charge is -2.37. The second kappa shape index (κ2) is 6.20. The first-order valence-electron chi connectivity index (χ1n) is 5.78. The van der Waals surface area contributed by atoms with Crippen molar-refractivity contribution >= 4 is 0 Å². The summed E-state index contributed by atoms with van der Waals surface area (Å²) in [7, 11) is 0. The zero-order valence-corrected chi connectivity index (χ0v) is 9.28. The smallest absolute Gasteiger partial charge is 0.0558 e. The molecule has 82 valence electrons. The molecule has 0 bridgehead atoms. The highest BCUT2D eigenvalue weighted by Crippen LogP contribution is 2.24. The van der Waals surface area contributed by atoms with E-state index in [0.717, 1.165) is 6.54 Å². The summed E-state index contributed by atoms with van der Waals surface area (Å²) in [5.41, 5.74) is 0. The van der Waals surface area contributed by atoms with Crippen LogP contribution in [0.25, 0.3) is 0 Å². The highest BCUT2D eigenvalue weighted by molar-refractivity contribution is 4.88. The van der Waals surface area contributed by atoms with Crippen LogP contribution in [0.3, 0.4) is 0 Å². The molecule has 0 aromatic rings. The van der Waals surface area contributed by atoms with Crippen LogP contribution in [0.4, 0.5) is 0 Å². The van der Waals surface area contributed by atoms with Crippen molar-refractivity contribution in [2.45, 2.75) is 51.1 Å². The van der Waals surface area contributed by atoms with Gasteiger partial charge in [-0.15, -0.1) is 6.58 Å². The van der Waals surface area contributed by atoms with E-state index in [2.05, 4.69) is 18.4 Å². The molecule has 14 heavy (non-hydrogen) atoms. The molecule has 1 saturated carbocycles. The third kappa shape index (κ3) is 3.10. The second-order valence-electron chi connectivity index (χ2n) is 4.23. The summed E-state index contributed by atoms with van der Waals surface area (Å²) >= 11 is 0. The van der Waals surface area contributed by atoms with Gasteiger partial charge in [-0.3, -0.25) is 4.90 Å². The molecule has 0 heterocycles. The van der Waals surface area contributed by atoms with Crippen molar-refractivity contribution in [2.24, 2.45) is 0 Å². The van der Waals surface area contributed by atoms with E-state index >= 15 is 0 Å². The Balaban J connectivity index is 2.50. The van der Waals surface area contributed by atoms with Crippen LogP contribution in [0.1, 0.15) is 39.0 Å². The topological polar surface area (TPSA) is 23.5 Å². The minimum atomic E-state index is 0.259. The molecule has 0 radical (unpaired) electrons. The largest absolute Gasteiger partial charge is 0.395 e. The maximum atomic E-state index is 9.04. The molecular weight excluding hydrogens is 174 g/mol. The fourth-order valence-corrected chi connectivity index (χ4v) is 2.38. The lowest BCUT2D eigenvalue weighted by molar-refractivity contribution is 0.105. The minimum Gasteiger partial charge on any atom is -0.395 e. The average Bonchev–Trinajstić information content (AvgIpc) is 2.26. The van der Waals surface area contributed by atoms with Gasteiger partial charge in [-0.2, -0.15) is 0 Å². The first-order chi connectivity index (χ1) is 6.79. The van der Waals surface area contributed by atoms with Gasteiger partial charge in [-0.05, 0) is 19.8 Å². The third-order valence-corrected chi connectivity index (χ3v) is 3.27. The van der Waals surface area contributed by atoms with E-state index < -0.39 is 0 Å². The summed E-state index contributed by atoms with van der Waals surface area (Å²) in [6.45, 7) is 7.05. The van der Waals surface area contributed by atoms with Gasteiger partial charge >= 0.3 is 0 Å². The molecule has 1 aliphatic carbocycles. The number of hydrogen-bond donors (Lipinski definition) is 1. The molecule has 0 aromatic carbocycles. The molecule has 1 aliphatic rings. The van der Waals surface area contributed by atoms with E-state index in [0.29, 0.717) is 12.1 Å². The minimum absolute atomic E-state index is 0.259. The van der Waals surface area contributed by atoms with E-state index in [4.69, 9.17) is 5.11 Å². The SMILES string of the molecule is C=CC(C)N(CCO)C1CCCCC1. The molecule has 0 spiro atoms. The van der Waals surface area contributed by atoms with Crippen molar-refractivity contribution in [1.29, 1.82) is 0 Å². The first kappa shape index (κ1) is 11.7. The average molecular weight is 197 g/mol. The van der Waals surface area contributed by atoms with Gasteiger partial charge in [0.05, 0.1) is 6.61 Å². The normalized spacial score (nSPS) is 21.1. The Bertz CT molecular complexity index is 164. The number of rotatable bonds is 5. The Hall–Kier alpha value is -0.340. The van der Waals surface area contributed by atoms with Crippen LogP contribution in [0.5, 0.6) is 0 Å². The van der Waals surface area contributed by atoms with Crippen LogP contribution in [-0.2, 0) is 0 Å². The molecule has 1 unspecified atom stereocenters. The van der Waals surface area contributed by atoms with Crippen LogP contribution in [0, 0.1) is 0 Å². The Morgan fingerprint density at radius 1 is 1.43 bits per heavy atom. The molecule has 0 saturated heterocycles. The number of nitrogens with zero attached hydrogens (tertiary/aromatic N) is 1. The summed E-state index contributed by atoms with van der Waals surface area (Å²) in [6.07, 6.45) is 8.62. The van der Waals surface area contributed by atoms with Gasteiger partial charge in [-0.1, -0.05) is 25.3 Å². The molecule has 1 fully saturated rings. The monoisotopic (exact) mass is 197 g/mol. The molecular formula is C12H23NO. The standard InChI is InChI=1S/C12H23NO/c1-3-11(2)13(9-10-14)12-7-5-4-6-8-12/h3,11-12,14H,1,4-10H2,2H3. The predicted molar refractivity (Wildman–Crippen MR) is 60.3 cm³/mol. The molecule has 1 N–H and O–H groups in total. The molecule has 2 heteroatoms. The van der Waals surface area contributed by atoms with Crippen LogP contribution >= 0.6 is 0 Å². The van der Waals surface area contributed by atoms with Crippen LogP contribution in [-0.4, -0.2) is 35.2 Å². The highest BCUT2D eigenvalue weighted by Gasteiger charge is 2.22. The van der Waals surface area contributed by atoms with Gasteiger partial charge in [0.15, 0.2) is 0 Å². The first-order valence-corrected chi connectivity index (χ1v) is 5.78. The molecule has 0 amide bonds. The number of aliphatic hydroxyl groups excluding tert-OH is 1. The molecule has 1 atom stereocenters. The Labute approximate surface area is 87.6 Å². The van der Waals surface area contributed by atoms with E-state index in [1.807, 2.05) is 6.08 Å². The summed E-state index contributed by atoms with van der Waals surface area (Å²) in [4.78, 5) is 2.40. The van der Waals surface area contributed by atoms with Gasteiger partial charge in [-0.25, -0.2) is 0 Å². The van der Waals surface area contributed by atoms with Crippen molar-refractivity contribution in [3.63, 3.8) is 0 Å². The lowest BCUT2D eigenvalue weighted by atomic mass is 9.93. The maximum absolute atomic E-state index is 9.04. The van der Waals surface area contributed by atoms with E-state index in [1.54, 1.807) is 0 Å². The van der Waals surface area contributed by atoms with Crippen LogP contribution < -0.4 is 0 Å². The second-order valence-corrected chi connectivity index (χ2v) is 4.23. The van der Waals surface area contributed by atoms with E-state index in [-0.39, 0.29) is 6.61 Å². The van der Waals surface area contributed by atoms with Gasteiger partial charge in [0.1, 0.15) is 0 Å². The molecule has 2 nitrogen and oxygen atoms in total. The quantitative estimate of drug-likeness (QED) is 0.683. The lowest BCUT2D eigenvalue weighted by Crippen LogP contribution is -2.43. The Morgan fingerprint density at radius 3 is 2.57 bits per heavy atom. The zero-order valence-electron chi connectivity index (χ0n) is 9.28. The fourth-order valence-electron chi connectivity index (χ4n) is 2.38. The van der Waals surface area contributed by atoms with Gasteiger partial charge in [0.2, 0.25) is 0 Å². The van der Waals surface area contributed by atoms with Gasteiger partial charge in [0, 0.05) is 18.6 Å². The van der Waals surface area contributed by atoms with Crippen molar-refractivity contribution < 1.29 is 5.11 Å². The predicted octanol–water partition coefficient (Wildman–Crippen LogP) is 2.19. The summed E-state index contributed by atoms with van der Waals surface area (Å²) in [5, 5.41) is 9.04.